The van der Waals surface area contributed by atoms with Gasteiger partial charge in [-0.1, -0.05) is 0 Å². The van der Waals surface area contributed by atoms with E-state index in [9.17, 15) is 5.11 Å². The van der Waals surface area contributed by atoms with Crippen LogP contribution in [0.25, 0.3) is 0 Å². The van der Waals surface area contributed by atoms with E-state index in [-0.39, 0.29) is 0 Å². The molecular formula is C27H60OSn2. The van der Waals surface area contributed by atoms with Crippen molar-refractivity contribution >= 4 is 36.8 Å². The minimum atomic E-state index is -2.33. The molecule has 1 N–H and O–H groups in total. The first-order valence-corrected chi connectivity index (χ1v) is 29.6. The minimum absolute atomic E-state index is 0.483. The van der Waals surface area contributed by atoms with Gasteiger partial charge in [0.05, 0.1) is 0 Å². The second-order valence-electron chi connectivity index (χ2n) is 10.4. The molecule has 1 nitrogen and oxygen atoms in total. The van der Waals surface area contributed by atoms with Crippen molar-refractivity contribution in [2.45, 2.75) is 154 Å². The Labute approximate surface area is 200 Å². The van der Waals surface area contributed by atoms with Crippen LogP contribution in [0.4, 0.5) is 0 Å². The molecule has 0 rings (SSSR count). The predicted octanol–water partition coefficient (Wildman–Crippen LogP) is 9.98. The molecule has 0 saturated heterocycles. The van der Waals surface area contributed by atoms with Gasteiger partial charge in [0.15, 0.2) is 0 Å². The molecule has 0 bridgehead atoms. The van der Waals surface area contributed by atoms with Crippen LogP contribution < -0.4 is 0 Å². The van der Waals surface area contributed by atoms with E-state index in [0.29, 0.717) is 6.61 Å². The van der Waals surface area contributed by atoms with Crippen LogP contribution in [0.5, 0.6) is 0 Å². The molecule has 0 aromatic rings. The first-order valence-electron chi connectivity index (χ1n) is 14.2. The van der Waals surface area contributed by atoms with Crippen molar-refractivity contribution in [3.8, 4) is 0 Å². The van der Waals surface area contributed by atoms with E-state index in [1.807, 2.05) is 0 Å². The summed E-state index contributed by atoms with van der Waals surface area (Å²) in [4.78, 5) is 0. The van der Waals surface area contributed by atoms with Gasteiger partial charge in [-0.25, -0.2) is 0 Å². The van der Waals surface area contributed by atoms with Gasteiger partial charge in [-0.05, 0) is 0 Å². The average molecular weight is 638 g/mol. The zero-order valence-corrected chi connectivity index (χ0v) is 27.9. The van der Waals surface area contributed by atoms with Gasteiger partial charge in [0, 0.05) is 0 Å². The molecule has 0 unspecified atom stereocenters. The first kappa shape index (κ1) is 31.6. The van der Waals surface area contributed by atoms with Crippen molar-refractivity contribution in [1.82, 2.24) is 0 Å². The number of unbranched alkanes of at least 4 members (excludes halogenated alkanes) is 6. The summed E-state index contributed by atoms with van der Waals surface area (Å²) < 4.78 is 11.0. The van der Waals surface area contributed by atoms with E-state index in [1.54, 1.807) is 26.6 Å². The Morgan fingerprint density at radius 1 is 0.467 bits per heavy atom. The van der Waals surface area contributed by atoms with Crippen LogP contribution >= 0.6 is 0 Å². The summed E-state index contributed by atoms with van der Waals surface area (Å²) >= 11 is -4.67. The molecule has 0 aliphatic heterocycles. The van der Waals surface area contributed by atoms with Gasteiger partial charge in [-0.15, -0.1) is 0 Å². The summed E-state index contributed by atoms with van der Waals surface area (Å²) in [5, 5.41) is 10.4. The van der Waals surface area contributed by atoms with Crippen LogP contribution in [0, 0.1) is 0 Å². The zero-order valence-electron chi connectivity index (χ0n) is 22.2. The topological polar surface area (TPSA) is 20.2 Å². The predicted molar refractivity (Wildman–Crippen MR) is 145 cm³/mol. The van der Waals surface area contributed by atoms with E-state index >= 15 is 0 Å². The van der Waals surface area contributed by atoms with Crippen molar-refractivity contribution in [2.24, 2.45) is 0 Å². The summed E-state index contributed by atoms with van der Waals surface area (Å²) in [7, 11) is 0. The Balaban J connectivity index is 6.37. The third kappa shape index (κ3) is 11.1. The maximum atomic E-state index is 10.4. The third-order valence-electron chi connectivity index (χ3n) is 8.07. The summed E-state index contributed by atoms with van der Waals surface area (Å²) in [6.45, 7) is 15.0. The molecule has 0 spiro atoms. The number of rotatable bonds is 22. The molecule has 0 aliphatic rings. The van der Waals surface area contributed by atoms with E-state index < -0.39 is 36.8 Å². The number of hydrogen-bond donors (Lipinski definition) is 1. The van der Waals surface area contributed by atoms with Crippen molar-refractivity contribution in [1.29, 1.82) is 0 Å². The van der Waals surface area contributed by atoms with Crippen molar-refractivity contribution in [3.05, 3.63) is 0 Å². The van der Waals surface area contributed by atoms with Crippen LogP contribution in [-0.4, -0.2) is 48.5 Å². The fourth-order valence-electron chi connectivity index (χ4n) is 6.36. The fourth-order valence-corrected chi connectivity index (χ4v) is 84.1. The SMILES string of the molecule is CCC[CH2][Sn]([CH2]CCC)([CH2]CCC)[CH](CCO)[Sn]([CH2]CCC)([CH2]CCC)[CH2]CCC. The van der Waals surface area contributed by atoms with Gasteiger partial charge in [-0.3, -0.25) is 0 Å². The molecular weight excluding hydrogens is 578 g/mol. The van der Waals surface area contributed by atoms with Gasteiger partial charge >= 0.3 is 202 Å². The third-order valence-corrected chi connectivity index (χ3v) is 64.7. The Hall–Kier alpha value is 1.56. The molecule has 30 heavy (non-hydrogen) atoms. The molecule has 0 fully saturated rings. The van der Waals surface area contributed by atoms with E-state index in [4.69, 9.17) is 0 Å². The van der Waals surface area contributed by atoms with Crippen LogP contribution in [0.1, 0.15) is 125 Å². The van der Waals surface area contributed by atoms with Gasteiger partial charge < -0.3 is 0 Å². The Bertz CT molecular complexity index is 296. The van der Waals surface area contributed by atoms with Crippen LogP contribution in [0.15, 0.2) is 0 Å². The Kier molecular flexibility index (Phi) is 21.0. The molecule has 3 heteroatoms. The standard InChI is InChI=1S/6C4H9.C3H6O.2Sn/c6*1-3-4-2;1-2-3-4;;/h6*1,3-4H2,2H3;1,4H,2-3H2;;. The maximum absolute atomic E-state index is 10.4. The molecule has 182 valence electrons. The van der Waals surface area contributed by atoms with Crippen LogP contribution in [-0.2, 0) is 0 Å². The average Bonchev–Trinajstić information content (AvgIpc) is 2.77. The summed E-state index contributed by atoms with van der Waals surface area (Å²) in [5.41, 5.74) is 0. The van der Waals surface area contributed by atoms with Crippen molar-refractivity contribution in [2.75, 3.05) is 6.61 Å². The molecule has 0 radical (unpaired) electrons. The summed E-state index contributed by atoms with van der Waals surface area (Å²) in [6, 6.07) is 0. The number of aliphatic hydroxyl groups excluding tert-OH is 1. The van der Waals surface area contributed by atoms with Crippen LogP contribution in [0.3, 0.4) is 0 Å². The zero-order chi connectivity index (χ0) is 22.7. The molecule has 0 atom stereocenters. The Morgan fingerprint density at radius 3 is 0.867 bits per heavy atom. The van der Waals surface area contributed by atoms with Crippen molar-refractivity contribution in [3.63, 3.8) is 0 Å². The van der Waals surface area contributed by atoms with Gasteiger partial charge in [0.1, 0.15) is 0 Å². The van der Waals surface area contributed by atoms with Crippen molar-refractivity contribution < 1.29 is 5.11 Å². The molecule has 0 aromatic heterocycles. The fraction of sp³-hybridized carbons (Fsp3) is 1.00. The number of hydrogen-bond acceptors (Lipinski definition) is 1. The molecule has 0 saturated carbocycles. The first-order chi connectivity index (χ1) is 14.6. The number of aliphatic hydroxyl groups is 1. The van der Waals surface area contributed by atoms with E-state index in [1.165, 1.54) is 83.5 Å². The van der Waals surface area contributed by atoms with Gasteiger partial charge in [0.25, 0.3) is 0 Å². The summed E-state index contributed by atoms with van der Waals surface area (Å²) in [5.74, 6) is 0. The second kappa shape index (κ2) is 20.0. The summed E-state index contributed by atoms with van der Waals surface area (Å²) in [6.07, 6.45) is 18.4. The van der Waals surface area contributed by atoms with E-state index in [2.05, 4.69) is 41.5 Å². The molecule has 0 aromatic carbocycles. The second-order valence-corrected chi connectivity index (χ2v) is 43.2. The quantitative estimate of drug-likeness (QED) is 0.117. The normalized spacial score (nSPS) is 12.8. The van der Waals surface area contributed by atoms with Gasteiger partial charge in [0.2, 0.25) is 0 Å². The van der Waals surface area contributed by atoms with E-state index in [0.717, 1.165) is 1.95 Å². The molecule has 0 amide bonds. The Morgan fingerprint density at radius 2 is 0.700 bits per heavy atom. The monoisotopic (exact) mass is 640 g/mol. The molecule has 0 aliphatic carbocycles. The van der Waals surface area contributed by atoms with Crippen LogP contribution in [0.2, 0.25) is 28.6 Å². The van der Waals surface area contributed by atoms with Gasteiger partial charge in [-0.2, -0.15) is 0 Å². The molecule has 0 heterocycles.